The number of anilines is 1. The standard InChI is InChI=1S/C24H18F2N6O2/c25-22(26)18-6-4-14(11-27-18)13-5-7-20-17(8-13)24(33)30-21-3-1-2-19(29-21)23-31-28-12-32(23)15-9-16(10-15)34-20/h1-8,11-12,15-16,22H,9-10H2,(H,29,30,33). The van der Waals surface area contributed by atoms with E-state index < -0.39 is 12.3 Å². The molecule has 1 N–H and O–H groups in total. The number of carbonyl (C=O) groups is 1. The number of rotatable bonds is 2. The average molecular weight is 460 g/mol. The quantitative estimate of drug-likeness (QED) is 0.467. The number of ether oxygens (including phenoxy) is 1. The number of amides is 1. The Morgan fingerprint density at radius 2 is 1.94 bits per heavy atom. The monoisotopic (exact) mass is 460 g/mol. The van der Waals surface area contributed by atoms with Crippen molar-refractivity contribution in [2.45, 2.75) is 31.4 Å². The molecule has 1 aromatic carbocycles. The van der Waals surface area contributed by atoms with Gasteiger partial charge in [-0.25, -0.2) is 13.8 Å². The van der Waals surface area contributed by atoms with Crippen molar-refractivity contribution in [2.75, 3.05) is 5.32 Å². The lowest BCUT2D eigenvalue weighted by Gasteiger charge is -2.36. The summed E-state index contributed by atoms with van der Waals surface area (Å²) >= 11 is 0. The van der Waals surface area contributed by atoms with Crippen LogP contribution in [0.15, 0.2) is 61.1 Å². The number of carbonyl (C=O) groups excluding carboxylic acids is 1. The Bertz CT molecular complexity index is 1380. The number of benzene rings is 1. The van der Waals surface area contributed by atoms with Gasteiger partial charge in [-0.15, -0.1) is 10.2 Å². The summed E-state index contributed by atoms with van der Waals surface area (Å²) in [5.41, 5.74) is 1.91. The van der Waals surface area contributed by atoms with Gasteiger partial charge in [0.2, 0.25) is 0 Å². The highest BCUT2D eigenvalue weighted by atomic mass is 19.3. The molecule has 1 aliphatic carbocycles. The third-order valence-corrected chi connectivity index (χ3v) is 6.12. The van der Waals surface area contributed by atoms with Crippen LogP contribution in [-0.2, 0) is 0 Å². The zero-order valence-corrected chi connectivity index (χ0v) is 17.7. The number of nitrogens with zero attached hydrogens (tertiary/aromatic N) is 5. The summed E-state index contributed by atoms with van der Waals surface area (Å²) in [5.74, 6) is 1.05. The van der Waals surface area contributed by atoms with E-state index in [9.17, 15) is 13.6 Å². The number of fused-ring (bicyclic) bond motifs is 1. The van der Waals surface area contributed by atoms with Crippen molar-refractivity contribution >= 4 is 11.7 Å². The van der Waals surface area contributed by atoms with E-state index >= 15 is 0 Å². The fourth-order valence-corrected chi connectivity index (χ4v) is 4.24. The SMILES string of the molecule is O=C1Nc2cccc(n2)-c2nncn2C2CC(C2)Oc2ccc(-c3ccc(C(F)F)nc3)cc21. The lowest BCUT2D eigenvalue weighted by molar-refractivity contribution is 0.0694. The molecule has 170 valence electrons. The second-order valence-corrected chi connectivity index (χ2v) is 8.27. The Kier molecular flexibility index (Phi) is 4.79. The maximum absolute atomic E-state index is 13.3. The first-order valence-corrected chi connectivity index (χ1v) is 10.8. The second kappa shape index (κ2) is 7.98. The molecule has 1 amide bonds. The minimum absolute atomic E-state index is 0.0681. The molecular formula is C24H18F2N6O2. The lowest BCUT2D eigenvalue weighted by Crippen LogP contribution is -2.36. The zero-order valence-electron chi connectivity index (χ0n) is 17.7. The van der Waals surface area contributed by atoms with Gasteiger partial charge in [0.15, 0.2) is 5.82 Å². The third-order valence-electron chi connectivity index (χ3n) is 6.12. The van der Waals surface area contributed by atoms with E-state index in [-0.39, 0.29) is 17.8 Å². The van der Waals surface area contributed by atoms with Crippen LogP contribution in [0, 0.1) is 0 Å². The third kappa shape index (κ3) is 3.57. The van der Waals surface area contributed by atoms with Crippen LogP contribution in [-0.4, -0.2) is 36.7 Å². The van der Waals surface area contributed by atoms with E-state index in [0.29, 0.717) is 39.8 Å². The molecule has 10 heteroatoms. The first kappa shape index (κ1) is 20.4. The molecule has 1 saturated carbocycles. The molecule has 7 rings (SSSR count). The maximum Gasteiger partial charge on any atom is 0.280 e. The molecular weight excluding hydrogens is 442 g/mol. The van der Waals surface area contributed by atoms with Crippen LogP contribution in [0.5, 0.6) is 5.75 Å². The molecule has 0 spiro atoms. The Morgan fingerprint density at radius 1 is 1.09 bits per heavy atom. The van der Waals surface area contributed by atoms with Gasteiger partial charge in [-0.2, -0.15) is 0 Å². The van der Waals surface area contributed by atoms with Crippen molar-refractivity contribution in [3.05, 3.63) is 72.3 Å². The van der Waals surface area contributed by atoms with E-state index in [1.165, 1.54) is 12.3 Å². The summed E-state index contributed by atoms with van der Waals surface area (Å²) < 4.78 is 33.9. The predicted octanol–water partition coefficient (Wildman–Crippen LogP) is 4.69. The number of aromatic nitrogens is 5. The van der Waals surface area contributed by atoms with Crippen LogP contribution in [0.25, 0.3) is 22.6 Å². The number of nitrogens with one attached hydrogen (secondary N) is 1. The highest BCUT2D eigenvalue weighted by Gasteiger charge is 2.35. The number of hydrogen-bond donors (Lipinski definition) is 1. The lowest BCUT2D eigenvalue weighted by atomic mass is 9.88. The summed E-state index contributed by atoms with van der Waals surface area (Å²) in [6, 6.07) is 13.5. The van der Waals surface area contributed by atoms with Gasteiger partial charge >= 0.3 is 0 Å². The van der Waals surface area contributed by atoms with Crippen molar-refractivity contribution in [3.63, 3.8) is 0 Å². The minimum Gasteiger partial charge on any atom is -0.489 e. The summed E-state index contributed by atoms with van der Waals surface area (Å²) in [7, 11) is 0. The van der Waals surface area contributed by atoms with Crippen molar-refractivity contribution in [1.29, 1.82) is 0 Å². The summed E-state index contributed by atoms with van der Waals surface area (Å²) in [6.45, 7) is 0. The van der Waals surface area contributed by atoms with Crippen LogP contribution < -0.4 is 10.1 Å². The van der Waals surface area contributed by atoms with Crippen molar-refractivity contribution in [3.8, 4) is 28.4 Å². The van der Waals surface area contributed by atoms with Gasteiger partial charge in [0.05, 0.1) is 5.56 Å². The molecule has 4 bridgehead atoms. The molecule has 0 unspecified atom stereocenters. The number of alkyl halides is 2. The molecule has 0 atom stereocenters. The van der Waals surface area contributed by atoms with Crippen molar-refractivity contribution in [1.82, 2.24) is 24.7 Å². The fourth-order valence-electron chi connectivity index (χ4n) is 4.24. The minimum atomic E-state index is -2.64. The van der Waals surface area contributed by atoms with E-state index in [0.717, 1.165) is 12.8 Å². The molecule has 0 saturated heterocycles. The predicted molar refractivity (Wildman–Crippen MR) is 119 cm³/mol. The van der Waals surface area contributed by atoms with Gasteiger partial charge in [0.1, 0.15) is 35.4 Å². The van der Waals surface area contributed by atoms with Crippen LogP contribution in [0.1, 0.15) is 41.4 Å². The van der Waals surface area contributed by atoms with Crippen molar-refractivity contribution in [2.24, 2.45) is 0 Å². The topological polar surface area (TPSA) is 94.8 Å². The van der Waals surface area contributed by atoms with Crippen LogP contribution in [0.2, 0.25) is 0 Å². The van der Waals surface area contributed by atoms with E-state index in [1.807, 2.05) is 10.6 Å². The number of halogens is 2. The number of pyridine rings is 2. The molecule has 1 fully saturated rings. The molecule has 4 aromatic rings. The van der Waals surface area contributed by atoms with Gasteiger partial charge in [-0.05, 0) is 35.9 Å². The van der Waals surface area contributed by atoms with E-state index in [2.05, 4.69) is 25.5 Å². The summed E-state index contributed by atoms with van der Waals surface area (Å²) in [5, 5.41) is 11.1. The molecule has 3 aromatic heterocycles. The Labute approximate surface area is 192 Å². The first-order valence-electron chi connectivity index (χ1n) is 10.8. The second-order valence-electron chi connectivity index (χ2n) is 8.27. The van der Waals surface area contributed by atoms with Gasteiger partial charge < -0.3 is 14.6 Å². The zero-order chi connectivity index (χ0) is 23.2. The highest BCUT2D eigenvalue weighted by molar-refractivity contribution is 6.06. The molecule has 0 radical (unpaired) electrons. The van der Waals surface area contributed by atoms with Gasteiger partial charge in [-0.3, -0.25) is 9.78 Å². The normalized spacial score (nSPS) is 18.9. The first-order chi connectivity index (χ1) is 16.5. The van der Waals surface area contributed by atoms with E-state index in [4.69, 9.17) is 4.74 Å². The molecule has 8 nitrogen and oxygen atoms in total. The average Bonchev–Trinajstić information content (AvgIpc) is 3.30. The summed E-state index contributed by atoms with van der Waals surface area (Å²) in [4.78, 5) is 21.7. The smallest absolute Gasteiger partial charge is 0.280 e. The van der Waals surface area contributed by atoms with Gasteiger partial charge in [0.25, 0.3) is 12.3 Å². The molecule has 2 aliphatic heterocycles. The molecule has 3 aliphatic rings. The largest absolute Gasteiger partial charge is 0.489 e. The Hall–Kier alpha value is -4.21. The van der Waals surface area contributed by atoms with Crippen LogP contribution in [0.3, 0.4) is 0 Å². The van der Waals surface area contributed by atoms with Crippen LogP contribution in [0.4, 0.5) is 14.6 Å². The fraction of sp³-hybridized carbons (Fsp3) is 0.208. The van der Waals surface area contributed by atoms with Crippen LogP contribution >= 0.6 is 0 Å². The highest BCUT2D eigenvalue weighted by Crippen LogP contribution is 2.39. The Morgan fingerprint density at radius 3 is 2.74 bits per heavy atom. The van der Waals surface area contributed by atoms with E-state index in [1.54, 1.807) is 42.7 Å². The van der Waals surface area contributed by atoms with Gasteiger partial charge in [-0.1, -0.05) is 18.2 Å². The number of hydrogen-bond acceptors (Lipinski definition) is 6. The van der Waals surface area contributed by atoms with Crippen molar-refractivity contribution < 1.29 is 18.3 Å². The Balaban J connectivity index is 1.40. The maximum atomic E-state index is 13.3. The van der Waals surface area contributed by atoms with Gasteiger partial charge in [0, 0.05) is 30.6 Å². The molecule has 34 heavy (non-hydrogen) atoms. The molecule has 5 heterocycles. The summed E-state index contributed by atoms with van der Waals surface area (Å²) in [6.07, 6.45) is 1.84.